The van der Waals surface area contributed by atoms with Crippen LogP contribution in [-0.4, -0.2) is 35.3 Å². The summed E-state index contributed by atoms with van der Waals surface area (Å²) in [7, 11) is 0. The molecule has 0 aromatic heterocycles. The van der Waals surface area contributed by atoms with Crippen molar-refractivity contribution in [2.45, 2.75) is 38.8 Å². The van der Waals surface area contributed by atoms with E-state index in [4.69, 9.17) is 4.74 Å². The van der Waals surface area contributed by atoms with Crippen molar-refractivity contribution in [1.82, 2.24) is 10.2 Å². The summed E-state index contributed by atoms with van der Waals surface area (Å²) in [6, 6.07) is 15.3. The first-order valence-electron chi connectivity index (χ1n) is 9.85. The molecule has 0 radical (unpaired) electrons. The van der Waals surface area contributed by atoms with Crippen molar-refractivity contribution < 1.29 is 14.3 Å². The molecule has 2 aromatic rings. The van der Waals surface area contributed by atoms with E-state index in [1.165, 1.54) is 0 Å². The average Bonchev–Trinajstić information content (AvgIpc) is 3.05. The van der Waals surface area contributed by atoms with E-state index < -0.39 is 0 Å². The highest BCUT2D eigenvalue weighted by Gasteiger charge is 2.29. The van der Waals surface area contributed by atoms with E-state index in [0.717, 1.165) is 35.5 Å². The fourth-order valence-electron chi connectivity index (χ4n) is 3.48. The second-order valence-corrected chi connectivity index (χ2v) is 7.37. The molecule has 29 heavy (non-hydrogen) atoms. The first-order valence-corrected chi connectivity index (χ1v) is 9.85. The van der Waals surface area contributed by atoms with Gasteiger partial charge in [-0.15, -0.1) is 0 Å². The van der Waals surface area contributed by atoms with Crippen LogP contribution >= 0.6 is 0 Å². The molecule has 0 saturated carbocycles. The molecule has 2 amide bonds. The van der Waals surface area contributed by atoms with Crippen LogP contribution in [0.4, 0.5) is 11.4 Å². The highest BCUT2D eigenvalue weighted by molar-refractivity contribution is 6.05. The Balaban J connectivity index is 1.26. The number of ether oxygens (including phenoxy) is 1. The topological polar surface area (TPSA) is 83.0 Å². The molecule has 0 bridgehead atoms. The predicted molar refractivity (Wildman–Crippen MR) is 111 cm³/mol. The molecule has 2 N–H and O–H groups in total. The van der Waals surface area contributed by atoms with Gasteiger partial charge in [0, 0.05) is 24.7 Å². The van der Waals surface area contributed by atoms with Gasteiger partial charge in [-0.2, -0.15) is 0 Å². The Morgan fingerprint density at radius 3 is 2.90 bits per heavy atom. The number of amides is 2. The van der Waals surface area contributed by atoms with E-state index in [9.17, 15) is 9.59 Å². The quantitative estimate of drug-likeness (QED) is 0.758. The van der Waals surface area contributed by atoms with Crippen molar-refractivity contribution in [2.24, 2.45) is 4.99 Å². The number of nitrogens with zero attached hydrogens (tertiary/aromatic N) is 2. The van der Waals surface area contributed by atoms with Gasteiger partial charge in [0.1, 0.15) is 12.3 Å². The Bertz CT molecular complexity index is 942. The molecule has 7 nitrogen and oxygen atoms in total. The van der Waals surface area contributed by atoms with Gasteiger partial charge in [-0.3, -0.25) is 14.9 Å². The van der Waals surface area contributed by atoms with Crippen molar-refractivity contribution in [3.8, 4) is 5.75 Å². The summed E-state index contributed by atoms with van der Waals surface area (Å²) in [5.41, 5.74) is 2.71. The molecule has 1 atom stereocenters. The molecule has 2 aliphatic heterocycles. The molecule has 1 unspecified atom stereocenters. The second-order valence-electron chi connectivity index (χ2n) is 7.37. The van der Waals surface area contributed by atoms with Crippen LogP contribution in [0.1, 0.15) is 31.7 Å². The van der Waals surface area contributed by atoms with Gasteiger partial charge in [-0.05, 0) is 43.5 Å². The Hall–Kier alpha value is -3.35. The largest absolute Gasteiger partial charge is 0.491 e. The third-order valence-corrected chi connectivity index (χ3v) is 4.94. The van der Waals surface area contributed by atoms with Crippen LogP contribution in [0.5, 0.6) is 5.75 Å². The number of benzene rings is 2. The molecule has 7 heteroatoms. The van der Waals surface area contributed by atoms with Gasteiger partial charge in [0.05, 0.1) is 11.8 Å². The lowest BCUT2D eigenvalue weighted by atomic mass is 10.1. The molecular formula is C22H24N4O3. The third-order valence-electron chi connectivity index (χ3n) is 4.94. The molecule has 0 aliphatic carbocycles. The third kappa shape index (κ3) is 4.74. The SMILES string of the molecule is CC(CCCC(=O)Nc1ccccc1)Oc1ccc2c(c1)N=C1NC(=O)CN1C2. The average molecular weight is 392 g/mol. The minimum atomic E-state index is -0.0297. The van der Waals surface area contributed by atoms with Crippen LogP contribution in [0.2, 0.25) is 0 Å². The maximum Gasteiger partial charge on any atom is 0.246 e. The summed E-state index contributed by atoms with van der Waals surface area (Å²) >= 11 is 0. The van der Waals surface area contributed by atoms with E-state index in [1.807, 2.05) is 60.4 Å². The zero-order valence-corrected chi connectivity index (χ0v) is 16.4. The van der Waals surface area contributed by atoms with E-state index in [1.54, 1.807) is 0 Å². The summed E-state index contributed by atoms with van der Waals surface area (Å²) < 4.78 is 6.01. The summed E-state index contributed by atoms with van der Waals surface area (Å²) in [5, 5.41) is 5.66. The van der Waals surface area contributed by atoms with E-state index >= 15 is 0 Å². The van der Waals surface area contributed by atoms with E-state index in [2.05, 4.69) is 15.6 Å². The molecular weight excluding hydrogens is 368 g/mol. The number of nitrogens with one attached hydrogen (secondary N) is 2. The van der Waals surface area contributed by atoms with Crippen LogP contribution < -0.4 is 15.4 Å². The second kappa shape index (κ2) is 8.34. The highest BCUT2D eigenvalue weighted by Crippen LogP contribution is 2.31. The number of aliphatic imine (C=N–C) groups is 1. The van der Waals surface area contributed by atoms with Crippen LogP contribution in [0.3, 0.4) is 0 Å². The van der Waals surface area contributed by atoms with Crippen molar-refractivity contribution in [3.05, 3.63) is 54.1 Å². The van der Waals surface area contributed by atoms with Gasteiger partial charge in [0.2, 0.25) is 17.8 Å². The lowest BCUT2D eigenvalue weighted by Crippen LogP contribution is -2.32. The maximum absolute atomic E-state index is 12.0. The standard InChI is InChI=1S/C22H24N4O3/c1-15(6-5-9-20(27)23-17-7-3-2-4-8-17)29-18-11-10-16-13-26-14-21(28)25-22(26)24-19(16)12-18/h2-4,7-8,10-12,15H,5-6,9,13-14H2,1H3,(H,23,27)(H,24,25,28). The summed E-state index contributed by atoms with van der Waals surface area (Å²) in [4.78, 5) is 30.0. The first kappa shape index (κ1) is 19.0. The smallest absolute Gasteiger partial charge is 0.246 e. The van der Waals surface area contributed by atoms with Crippen molar-refractivity contribution in [2.75, 3.05) is 11.9 Å². The monoisotopic (exact) mass is 392 g/mol. The number of hydrogen-bond donors (Lipinski definition) is 2. The Kier molecular flexibility index (Phi) is 5.46. The van der Waals surface area contributed by atoms with Crippen LogP contribution in [-0.2, 0) is 16.1 Å². The zero-order valence-electron chi connectivity index (χ0n) is 16.4. The number of anilines is 1. The Labute approximate surface area is 169 Å². The molecule has 1 fully saturated rings. The van der Waals surface area contributed by atoms with Crippen LogP contribution in [0.15, 0.2) is 53.5 Å². The number of fused-ring (bicyclic) bond motifs is 2. The molecule has 2 aromatic carbocycles. The lowest BCUT2D eigenvalue weighted by Gasteiger charge is -2.23. The van der Waals surface area contributed by atoms with Gasteiger partial charge in [-0.25, -0.2) is 4.99 Å². The van der Waals surface area contributed by atoms with Crippen molar-refractivity contribution in [1.29, 1.82) is 0 Å². The fourth-order valence-corrected chi connectivity index (χ4v) is 3.48. The normalized spacial score (nSPS) is 15.7. The number of guanidine groups is 1. The molecule has 0 spiro atoms. The summed E-state index contributed by atoms with van der Waals surface area (Å²) in [6.45, 7) is 3.02. The fraction of sp³-hybridized carbons (Fsp3) is 0.318. The van der Waals surface area contributed by atoms with Crippen molar-refractivity contribution >= 4 is 29.1 Å². The van der Waals surface area contributed by atoms with E-state index in [0.29, 0.717) is 25.5 Å². The van der Waals surface area contributed by atoms with Gasteiger partial charge < -0.3 is 15.0 Å². The highest BCUT2D eigenvalue weighted by atomic mass is 16.5. The molecule has 2 heterocycles. The Morgan fingerprint density at radius 1 is 1.24 bits per heavy atom. The Morgan fingerprint density at radius 2 is 2.07 bits per heavy atom. The molecule has 2 aliphatic rings. The number of para-hydroxylation sites is 1. The number of hydrogen-bond acceptors (Lipinski definition) is 5. The predicted octanol–water partition coefficient (Wildman–Crippen LogP) is 3.20. The number of carbonyl (C=O) groups excluding carboxylic acids is 2. The first-order chi connectivity index (χ1) is 14.1. The molecule has 150 valence electrons. The van der Waals surface area contributed by atoms with Gasteiger partial charge in [0.15, 0.2) is 0 Å². The number of carbonyl (C=O) groups is 2. The minimum Gasteiger partial charge on any atom is -0.491 e. The van der Waals surface area contributed by atoms with Crippen molar-refractivity contribution in [3.63, 3.8) is 0 Å². The maximum atomic E-state index is 12.0. The molecule has 4 rings (SSSR count). The van der Waals surface area contributed by atoms with Gasteiger partial charge >= 0.3 is 0 Å². The zero-order chi connectivity index (χ0) is 20.2. The molecule has 1 saturated heterocycles. The summed E-state index contributed by atoms with van der Waals surface area (Å²) in [6.07, 6.45) is 1.96. The van der Waals surface area contributed by atoms with Crippen LogP contribution in [0.25, 0.3) is 0 Å². The van der Waals surface area contributed by atoms with Crippen LogP contribution in [0, 0.1) is 0 Å². The van der Waals surface area contributed by atoms with E-state index in [-0.39, 0.29) is 17.9 Å². The van der Waals surface area contributed by atoms with Gasteiger partial charge in [0.25, 0.3) is 0 Å². The minimum absolute atomic E-state index is 0.0103. The number of rotatable bonds is 7. The summed E-state index contributed by atoms with van der Waals surface area (Å²) in [5.74, 6) is 1.33. The lowest BCUT2D eigenvalue weighted by molar-refractivity contribution is -0.118. The van der Waals surface area contributed by atoms with Gasteiger partial charge in [-0.1, -0.05) is 24.3 Å².